The van der Waals surface area contributed by atoms with Gasteiger partial charge in [-0.25, -0.2) is 9.13 Å². The van der Waals surface area contributed by atoms with E-state index in [1.807, 2.05) is 0 Å². The molecule has 0 amide bonds. The van der Waals surface area contributed by atoms with E-state index in [1.165, 1.54) is 199 Å². The SMILES string of the molecule is CCCCCCCCCCCC(=O)OC[C@H](COP(=O)(O)OC[C@H](O)COP(=O)(O)OC[C@@H](COC(=O)CCCCCCCCCCCCCCC(C)C)OC(=O)CCCCCCCCCCCCCCCCC(C)C)OC(=O)CCCCCCCCCCCCCC(C)C. The van der Waals surface area contributed by atoms with Crippen LogP contribution in [0.2, 0.25) is 0 Å². The molecular formula is C76H148O17P2. The maximum atomic E-state index is 13.1. The van der Waals surface area contributed by atoms with Crippen molar-refractivity contribution >= 4 is 39.5 Å². The molecule has 0 aromatic carbocycles. The Morgan fingerprint density at radius 3 is 0.716 bits per heavy atom. The third-order valence-electron chi connectivity index (χ3n) is 17.6. The fourth-order valence-corrected chi connectivity index (χ4v) is 13.2. The zero-order chi connectivity index (χ0) is 70.1. The molecule has 0 spiro atoms. The Balaban J connectivity index is 5.24. The van der Waals surface area contributed by atoms with Crippen LogP contribution in [0.25, 0.3) is 0 Å². The minimum absolute atomic E-state index is 0.106. The first-order valence-electron chi connectivity index (χ1n) is 39.3. The Hall–Kier alpha value is -1.94. The Morgan fingerprint density at radius 2 is 0.484 bits per heavy atom. The largest absolute Gasteiger partial charge is 0.472 e. The average Bonchev–Trinajstić information content (AvgIpc) is 1.57. The van der Waals surface area contributed by atoms with Crippen LogP contribution in [0.1, 0.15) is 389 Å². The summed E-state index contributed by atoms with van der Waals surface area (Å²) >= 11 is 0. The van der Waals surface area contributed by atoms with Crippen molar-refractivity contribution in [3.8, 4) is 0 Å². The first kappa shape index (κ1) is 93.1. The summed E-state index contributed by atoms with van der Waals surface area (Å²) in [6.07, 6.45) is 52.6. The van der Waals surface area contributed by atoms with E-state index in [-0.39, 0.29) is 25.7 Å². The van der Waals surface area contributed by atoms with E-state index >= 15 is 0 Å². The van der Waals surface area contributed by atoms with Crippen molar-refractivity contribution in [1.29, 1.82) is 0 Å². The van der Waals surface area contributed by atoms with Crippen LogP contribution < -0.4 is 0 Å². The van der Waals surface area contributed by atoms with Gasteiger partial charge in [-0.15, -0.1) is 0 Å². The first-order chi connectivity index (χ1) is 45.7. The van der Waals surface area contributed by atoms with E-state index in [2.05, 4.69) is 48.5 Å². The Morgan fingerprint density at radius 1 is 0.284 bits per heavy atom. The van der Waals surface area contributed by atoms with Gasteiger partial charge in [0, 0.05) is 25.7 Å². The molecule has 0 heterocycles. The van der Waals surface area contributed by atoms with Crippen LogP contribution in [0.15, 0.2) is 0 Å². The summed E-state index contributed by atoms with van der Waals surface area (Å²) in [5, 5.41) is 10.6. The predicted octanol–water partition coefficient (Wildman–Crippen LogP) is 22.2. The molecule has 0 aliphatic rings. The van der Waals surface area contributed by atoms with Crippen molar-refractivity contribution in [2.24, 2.45) is 17.8 Å². The van der Waals surface area contributed by atoms with Crippen molar-refractivity contribution < 1.29 is 80.2 Å². The van der Waals surface area contributed by atoms with Crippen LogP contribution in [0, 0.1) is 17.8 Å². The summed E-state index contributed by atoms with van der Waals surface area (Å²) in [6, 6.07) is 0. The Kier molecular flexibility index (Phi) is 65.2. The zero-order valence-corrected chi connectivity index (χ0v) is 63.9. The lowest BCUT2D eigenvalue weighted by atomic mass is 10.0. The van der Waals surface area contributed by atoms with Gasteiger partial charge in [0.2, 0.25) is 0 Å². The van der Waals surface area contributed by atoms with Crippen LogP contribution in [0.3, 0.4) is 0 Å². The molecule has 3 N–H and O–H groups in total. The van der Waals surface area contributed by atoms with E-state index in [9.17, 15) is 43.2 Å². The van der Waals surface area contributed by atoms with Gasteiger partial charge in [0.25, 0.3) is 0 Å². The first-order valence-corrected chi connectivity index (χ1v) is 42.3. The van der Waals surface area contributed by atoms with Crippen LogP contribution in [0.4, 0.5) is 0 Å². The third-order valence-corrected chi connectivity index (χ3v) is 19.5. The maximum Gasteiger partial charge on any atom is 0.472 e. The smallest absolute Gasteiger partial charge is 0.462 e. The second kappa shape index (κ2) is 66.6. The molecule has 0 aromatic rings. The van der Waals surface area contributed by atoms with Gasteiger partial charge in [-0.1, -0.05) is 337 Å². The number of carbonyl (C=O) groups excluding carboxylic acids is 4. The standard InChI is InChI=1S/C76H148O17P2/c1-8-9-10-11-12-26-36-43-50-57-73(78)86-63-71(92-76(81)60-53-46-39-32-25-19-22-29-35-42-49-56-69(6)7)65-90-94(82,83)88-61-70(77)62-89-95(84,85)91-66-72(64-87-74(79)58-51-44-37-30-23-18-17-21-28-34-41-48-55-68(4)5)93-75(80)59-52-45-38-31-24-16-14-13-15-20-27-33-40-47-54-67(2)3/h67-72,77H,8-66H2,1-7H3,(H,82,83)(H,84,85)/t70-,71+,72+/m0/s1. The van der Waals surface area contributed by atoms with E-state index in [0.29, 0.717) is 25.7 Å². The molecule has 19 heteroatoms. The van der Waals surface area contributed by atoms with Crippen molar-refractivity contribution in [2.45, 2.75) is 407 Å². The van der Waals surface area contributed by atoms with Crippen LogP contribution in [-0.2, 0) is 65.4 Å². The molecule has 0 aliphatic carbocycles. The fraction of sp³-hybridized carbons (Fsp3) is 0.947. The summed E-state index contributed by atoms with van der Waals surface area (Å²) in [5.74, 6) is 0.225. The number of unbranched alkanes of at least 4 members (excludes halogenated alkanes) is 42. The number of esters is 4. The molecule has 0 radical (unpaired) electrons. The van der Waals surface area contributed by atoms with E-state index < -0.39 is 97.5 Å². The molecule has 2 unspecified atom stereocenters. The highest BCUT2D eigenvalue weighted by atomic mass is 31.2. The van der Waals surface area contributed by atoms with Gasteiger partial charge >= 0.3 is 39.5 Å². The topological polar surface area (TPSA) is 237 Å². The quantitative estimate of drug-likeness (QED) is 0.0222. The maximum absolute atomic E-state index is 13.1. The molecule has 564 valence electrons. The van der Waals surface area contributed by atoms with E-state index in [1.54, 1.807) is 0 Å². The summed E-state index contributed by atoms with van der Waals surface area (Å²) in [6.45, 7) is 11.9. The van der Waals surface area contributed by atoms with E-state index in [4.69, 9.17) is 37.0 Å². The number of hydrogen-bond donors (Lipinski definition) is 3. The molecule has 5 atom stereocenters. The monoisotopic (exact) mass is 1400 g/mol. The molecule has 95 heavy (non-hydrogen) atoms. The van der Waals surface area contributed by atoms with Crippen molar-refractivity contribution in [3.63, 3.8) is 0 Å². The number of phosphoric ester groups is 2. The fourth-order valence-electron chi connectivity index (χ4n) is 11.6. The number of ether oxygens (including phenoxy) is 4. The van der Waals surface area contributed by atoms with Crippen molar-refractivity contribution in [3.05, 3.63) is 0 Å². The second-order valence-electron chi connectivity index (χ2n) is 28.8. The molecule has 0 rings (SSSR count). The van der Waals surface area contributed by atoms with Crippen LogP contribution in [0.5, 0.6) is 0 Å². The van der Waals surface area contributed by atoms with Gasteiger partial charge in [-0.3, -0.25) is 37.3 Å². The molecule has 17 nitrogen and oxygen atoms in total. The predicted molar refractivity (Wildman–Crippen MR) is 386 cm³/mol. The lowest BCUT2D eigenvalue weighted by Crippen LogP contribution is -2.30. The number of rotatable bonds is 74. The third kappa shape index (κ3) is 70.3. The van der Waals surface area contributed by atoms with Crippen LogP contribution >= 0.6 is 15.6 Å². The Labute approximate surface area is 581 Å². The van der Waals surface area contributed by atoms with Gasteiger partial charge < -0.3 is 33.8 Å². The van der Waals surface area contributed by atoms with E-state index in [0.717, 1.165) is 108 Å². The molecule has 0 saturated heterocycles. The lowest BCUT2D eigenvalue weighted by Gasteiger charge is -2.21. The number of carbonyl (C=O) groups is 4. The summed E-state index contributed by atoms with van der Waals surface area (Å²) in [4.78, 5) is 72.8. The zero-order valence-electron chi connectivity index (χ0n) is 62.1. The molecular weight excluding hydrogens is 1250 g/mol. The second-order valence-corrected chi connectivity index (χ2v) is 31.7. The molecule has 0 fully saturated rings. The normalized spacial score (nSPS) is 14.1. The van der Waals surface area contributed by atoms with Crippen LogP contribution in [-0.4, -0.2) is 96.7 Å². The number of hydrogen-bond acceptors (Lipinski definition) is 15. The van der Waals surface area contributed by atoms with Gasteiger partial charge in [-0.2, -0.15) is 0 Å². The molecule has 0 bridgehead atoms. The highest BCUT2D eigenvalue weighted by molar-refractivity contribution is 7.47. The van der Waals surface area contributed by atoms with Gasteiger partial charge in [0.15, 0.2) is 12.2 Å². The highest BCUT2D eigenvalue weighted by Crippen LogP contribution is 2.45. The number of aliphatic hydroxyl groups excluding tert-OH is 1. The van der Waals surface area contributed by atoms with Crippen molar-refractivity contribution in [2.75, 3.05) is 39.6 Å². The van der Waals surface area contributed by atoms with Gasteiger partial charge in [0.1, 0.15) is 19.3 Å². The minimum Gasteiger partial charge on any atom is -0.462 e. The van der Waals surface area contributed by atoms with Crippen molar-refractivity contribution in [1.82, 2.24) is 0 Å². The highest BCUT2D eigenvalue weighted by Gasteiger charge is 2.30. The lowest BCUT2D eigenvalue weighted by molar-refractivity contribution is -0.161. The Bertz CT molecular complexity index is 1850. The van der Waals surface area contributed by atoms with Gasteiger partial charge in [0.05, 0.1) is 26.4 Å². The number of aliphatic hydroxyl groups is 1. The summed E-state index contributed by atoms with van der Waals surface area (Å²) in [7, 11) is -9.91. The molecule has 0 aliphatic heterocycles. The average molecular weight is 1400 g/mol. The van der Waals surface area contributed by atoms with Gasteiger partial charge in [-0.05, 0) is 43.4 Å². The summed E-state index contributed by atoms with van der Waals surface area (Å²) < 4.78 is 68.5. The summed E-state index contributed by atoms with van der Waals surface area (Å²) in [5.41, 5.74) is 0. The molecule has 0 saturated carbocycles. The number of phosphoric acid groups is 2. The molecule has 0 aromatic heterocycles. The minimum atomic E-state index is -4.96.